The topological polar surface area (TPSA) is 86.8 Å². The molecular weight excluding hydrogens is 545 g/mol. The maximum absolute atomic E-state index is 13.9. The van der Waals surface area contributed by atoms with Gasteiger partial charge in [-0.15, -0.1) is 0 Å². The summed E-state index contributed by atoms with van der Waals surface area (Å²) < 4.78 is 28.4. The predicted molar refractivity (Wildman–Crippen MR) is 152 cm³/mol. The van der Waals surface area contributed by atoms with Gasteiger partial charge in [-0.2, -0.15) is 0 Å². The van der Waals surface area contributed by atoms with E-state index in [1.54, 1.807) is 73.7 Å². The third-order valence-corrected chi connectivity index (χ3v) is 8.54. The van der Waals surface area contributed by atoms with Gasteiger partial charge in [0.15, 0.2) is 0 Å². The minimum atomic E-state index is -4.10. The normalized spacial score (nSPS) is 12.0. The molecule has 3 aromatic carbocycles. The molecule has 1 N–H and O–H groups in total. The van der Waals surface area contributed by atoms with E-state index in [0.717, 1.165) is 17.1 Å². The Kier molecular flexibility index (Phi) is 10.6. The lowest BCUT2D eigenvalue weighted by atomic mass is 10.1. The van der Waals surface area contributed by atoms with Crippen molar-refractivity contribution < 1.29 is 18.0 Å². The number of nitrogens with one attached hydrogen (secondary N) is 1. The number of rotatable bonds is 12. The summed E-state index contributed by atoms with van der Waals surface area (Å²) in [6.07, 6.45) is 1.69. The Morgan fingerprint density at radius 1 is 0.895 bits per heavy atom. The van der Waals surface area contributed by atoms with E-state index in [4.69, 9.17) is 23.2 Å². The van der Waals surface area contributed by atoms with Crippen LogP contribution in [0.25, 0.3) is 0 Å². The first-order valence-corrected chi connectivity index (χ1v) is 14.5. The Hall–Kier alpha value is -3.07. The number of carbonyl (C=O) groups is 2. The van der Waals surface area contributed by atoms with Crippen molar-refractivity contribution in [3.05, 3.63) is 94.5 Å². The third-order valence-electron chi connectivity index (χ3n) is 6.04. The smallest absolute Gasteiger partial charge is 0.264 e. The number of carbonyl (C=O) groups excluding carboxylic acids is 2. The summed E-state index contributed by atoms with van der Waals surface area (Å²) in [4.78, 5) is 28.2. The van der Waals surface area contributed by atoms with Gasteiger partial charge in [0.1, 0.15) is 12.6 Å². The van der Waals surface area contributed by atoms with E-state index in [0.29, 0.717) is 27.8 Å². The molecule has 0 fully saturated rings. The largest absolute Gasteiger partial charge is 0.354 e. The molecule has 10 heteroatoms. The summed E-state index contributed by atoms with van der Waals surface area (Å²) in [6, 6.07) is 20.3. The van der Waals surface area contributed by atoms with Gasteiger partial charge in [-0.1, -0.05) is 79.0 Å². The molecule has 3 rings (SSSR count). The van der Waals surface area contributed by atoms with Crippen molar-refractivity contribution in [2.24, 2.45) is 0 Å². The molecular formula is C28H31Cl2N3O4S. The highest BCUT2D eigenvalue weighted by Gasteiger charge is 2.33. The molecule has 7 nitrogen and oxygen atoms in total. The Labute approximate surface area is 234 Å². The Morgan fingerprint density at radius 2 is 1.47 bits per heavy atom. The minimum absolute atomic E-state index is 0.0442. The van der Waals surface area contributed by atoms with Crippen LogP contribution in [0.1, 0.15) is 32.3 Å². The fourth-order valence-electron chi connectivity index (χ4n) is 3.82. The van der Waals surface area contributed by atoms with Gasteiger partial charge in [0.25, 0.3) is 10.0 Å². The summed E-state index contributed by atoms with van der Waals surface area (Å²) >= 11 is 12.8. The molecule has 0 saturated carbocycles. The van der Waals surface area contributed by atoms with Gasteiger partial charge in [0.05, 0.1) is 10.6 Å². The zero-order valence-electron chi connectivity index (χ0n) is 21.3. The standard InChI is InChI=1S/C28H31Cl2N3O4S/c1-3-4-18-31-28(35)21(2)32(19-24-25(29)16-11-17-26(24)30)27(34)20-33(22-12-7-5-8-13-22)38(36,37)23-14-9-6-10-15-23/h5-17,21H,3-4,18-20H2,1-2H3,(H,31,35)/t21-/m1/s1. The molecule has 0 radical (unpaired) electrons. The Morgan fingerprint density at radius 3 is 2.05 bits per heavy atom. The molecule has 2 amide bonds. The zero-order chi connectivity index (χ0) is 27.7. The van der Waals surface area contributed by atoms with Crippen molar-refractivity contribution in [2.75, 3.05) is 17.4 Å². The van der Waals surface area contributed by atoms with Crippen LogP contribution in [0.2, 0.25) is 10.0 Å². The molecule has 0 aliphatic rings. The highest BCUT2D eigenvalue weighted by Crippen LogP contribution is 2.28. The van der Waals surface area contributed by atoms with Crippen LogP contribution in [0.3, 0.4) is 0 Å². The van der Waals surface area contributed by atoms with Gasteiger partial charge in [0.2, 0.25) is 11.8 Å². The third kappa shape index (κ3) is 7.28. The van der Waals surface area contributed by atoms with Crippen molar-refractivity contribution in [3.8, 4) is 0 Å². The molecule has 1 atom stereocenters. The number of para-hydroxylation sites is 1. The first kappa shape index (κ1) is 29.5. The second kappa shape index (κ2) is 13.6. The number of anilines is 1. The second-order valence-electron chi connectivity index (χ2n) is 8.70. The van der Waals surface area contributed by atoms with Crippen LogP contribution in [0.5, 0.6) is 0 Å². The molecule has 0 spiro atoms. The monoisotopic (exact) mass is 575 g/mol. The van der Waals surface area contributed by atoms with Crippen LogP contribution < -0.4 is 9.62 Å². The van der Waals surface area contributed by atoms with Crippen molar-refractivity contribution in [3.63, 3.8) is 0 Å². The Bertz CT molecular complexity index is 1320. The fourth-order valence-corrected chi connectivity index (χ4v) is 5.77. The first-order chi connectivity index (χ1) is 18.2. The fraction of sp³-hybridized carbons (Fsp3) is 0.286. The van der Waals surface area contributed by atoms with E-state index in [9.17, 15) is 18.0 Å². The maximum Gasteiger partial charge on any atom is 0.264 e. The molecule has 0 aliphatic heterocycles. The molecule has 38 heavy (non-hydrogen) atoms. The number of unbranched alkanes of at least 4 members (excludes halogenated alkanes) is 1. The van der Waals surface area contributed by atoms with Crippen molar-refractivity contribution >= 4 is 50.7 Å². The average Bonchev–Trinajstić information content (AvgIpc) is 2.92. The van der Waals surface area contributed by atoms with E-state index in [2.05, 4.69) is 5.32 Å². The maximum atomic E-state index is 13.9. The van der Waals surface area contributed by atoms with Crippen LogP contribution in [0.4, 0.5) is 5.69 Å². The number of halogens is 2. The zero-order valence-corrected chi connectivity index (χ0v) is 23.6. The van der Waals surface area contributed by atoms with Crippen molar-refractivity contribution in [1.82, 2.24) is 10.2 Å². The molecule has 202 valence electrons. The van der Waals surface area contributed by atoms with E-state index in [-0.39, 0.29) is 17.3 Å². The molecule has 0 heterocycles. The number of amides is 2. The number of sulfonamides is 1. The quantitative estimate of drug-likeness (QED) is 0.288. The molecule has 0 aliphatic carbocycles. The number of nitrogens with zero attached hydrogens (tertiary/aromatic N) is 2. The minimum Gasteiger partial charge on any atom is -0.354 e. The first-order valence-electron chi connectivity index (χ1n) is 12.3. The number of hydrogen-bond acceptors (Lipinski definition) is 4. The number of hydrogen-bond donors (Lipinski definition) is 1. The van der Waals surface area contributed by atoms with Crippen LogP contribution in [-0.2, 0) is 26.2 Å². The lowest BCUT2D eigenvalue weighted by molar-refractivity contribution is -0.139. The molecule has 0 unspecified atom stereocenters. The molecule has 0 saturated heterocycles. The van der Waals surface area contributed by atoms with E-state index in [1.807, 2.05) is 6.92 Å². The van der Waals surface area contributed by atoms with E-state index in [1.165, 1.54) is 17.0 Å². The van der Waals surface area contributed by atoms with Gasteiger partial charge in [-0.3, -0.25) is 13.9 Å². The molecule has 3 aromatic rings. The summed E-state index contributed by atoms with van der Waals surface area (Å²) in [5, 5.41) is 3.52. The van der Waals surface area contributed by atoms with Crippen molar-refractivity contribution in [1.29, 1.82) is 0 Å². The predicted octanol–water partition coefficient (Wildman–Crippen LogP) is 5.52. The molecule has 0 bridgehead atoms. The van der Waals surface area contributed by atoms with Crippen LogP contribution in [0.15, 0.2) is 83.8 Å². The highest BCUT2D eigenvalue weighted by atomic mass is 35.5. The van der Waals surface area contributed by atoms with Crippen molar-refractivity contribution in [2.45, 2.75) is 44.2 Å². The van der Waals surface area contributed by atoms with Crippen LogP contribution in [0, 0.1) is 0 Å². The van der Waals surface area contributed by atoms with E-state index >= 15 is 0 Å². The Balaban J connectivity index is 2.00. The summed E-state index contributed by atoms with van der Waals surface area (Å²) in [5.74, 6) is -0.936. The van der Waals surface area contributed by atoms with Crippen LogP contribution in [-0.4, -0.2) is 44.3 Å². The molecule has 0 aromatic heterocycles. The second-order valence-corrected chi connectivity index (χ2v) is 11.4. The van der Waals surface area contributed by atoms with Gasteiger partial charge < -0.3 is 10.2 Å². The average molecular weight is 577 g/mol. The van der Waals surface area contributed by atoms with Gasteiger partial charge >= 0.3 is 0 Å². The number of benzene rings is 3. The SMILES string of the molecule is CCCCNC(=O)[C@@H](C)N(Cc1c(Cl)cccc1Cl)C(=O)CN(c1ccccc1)S(=O)(=O)c1ccccc1. The van der Waals surface area contributed by atoms with Gasteiger partial charge in [0, 0.05) is 28.7 Å². The lowest BCUT2D eigenvalue weighted by Gasteiger charge is -2.32. The van der Waals surface area contributed by atoms with Crippen LogP contribution >= 0.6 is 23.2 Å². The summed E-state index contributed by atoms with van der Waals surface area (Å²) in [7, 11) is -4.10. The summed E-state index contributed by atoms with van der Waals surface area (Å²) in [5.41, 5.74) is 0.787. The van der Waals surface area contributed by atoms with E-state index < -0.39 is 28.5 Å². The summed E-state index contributed by atoms with van der Waals surface area (Å²) in [6.45, 7) is 3.47. The van der Waals surface area contributed by atoms with Gasteiger partial charge in [-0.05, 0) is 49.7 Å². The lowest BCUT2D eigenvalue weighted by Crippen LogP contribution is -2.51. The van der Waals surface area contributed by atoms with Gasteiger partial charge in [-0.25, -0.2) is 8.42 Å². The highest BCUT2D eigenvalue weighted by molar-refractivity contribution is 7.92.